The smallest absolute Gasteiger partial charge is 0.265 e. The van der Waals surface area contributed by atoms with Crippen molar-refractivity contribution in [1.29, 1.82) is 0 Å². The average molecular weight is 289 g/mol. The first-order valence-corrected chi connectivity index (χ1v) is 6.34. The van der Waals surface area contributed by atoms with Crippen LogP contribution in [0.3, 0.4) is 0 Å². The summed E-state index contributed by atoms with van der Waals surface area (Å²) in [5.74, 6) is -0.480. The summed E-state index contributed by atoms with van der Waals surface area (Å²) in [6.45, 7) is 1.27. The summed E-state index contributed by atoms with van der Waals surface area (Å²) in [4.78, 5) is 34.6. The molecule has 2 rings (SSSR count). The first kappa shape index (κ1) is 14.7. The molecule has 1 heterocycles. The summed E-state index contributed by atoms with van der Waals surface area (Å²) in [6, 6.07) is 9.00. The number of benzene rings is 1. The van der Waals surface area contributed by atoms with Crippen LogP contribution in [0.5, 0.6) is 0 Å². The lowest BCUT2D eigenvalue weighted by Gasteiger charge is -2.13. The molecular formula is C14H15N3O4. The van der Waals surface area contributed by atoms with Crippen LogP contribution in [0.25, 0.3) is 0 Å². The monoisotopic (exact) mass is 289 g/mol. The number of amides is 1. The zero-order valence-electron chi connectivity index (χ0n) is 11.4. The molecule has 7 nitrogen and oxygen atoms in total. The number of carbonyl (C=O) groups excluding carboxylic acids is 1. The molecule has 0 aliphatic heterocycles. The Balaban J connectivity index is 2.18. The number of aromatic nitrogens is 2. The fourth-order valence-corrected chi connectivity index (χ4v) is 1.89. The Morgan fingerprint density at radius 3 is 2.71 bits per heavy atom. The van der Waals surface area contributed by atoms with Crippen LogP contribution in [0.15, 0.2) is 46.0 Å². The van der Waals surface area contributed by atoms with E-state index in [1.165, 1.54) is 0 Å². The lowest BCUT2D eigenvalue weighted by molar-refractivity contribution is -0.117. The van der Waals surface area contributed by atoms with Crippen LogP contribution < -0.4 is 16.4 Å². The van der Waals surface area contributed by atoms with E-state index >= 15 is 0 Å². The number of H-pyrrole nitrogens is 1. The van der Waals surface area contributed by atoms with Crippen molar-refractivity contribution in [1.82, 2.24) is 9.78 Å². The van der Waals surface area contributed by atoms with Gasteiger partial charge < -0.3 is 10.4 Å². The van der Waals surface area contributed by atoms with Gasteiger partial charge in [-0.2, -0.15) is 0 Å². The van der Waals surface area contributed by atoms with Gasteiger partial charge in [-0.25, -0.2) is 4.68 Å². The predicted octanol–water partition coefficient (Wildman–Crippen LogP) is 0.229. The van der Waals surface area contributed by atoms with Gasteiger partial charge in [0.05, 0.1) is 6.10 Å². The Hall–Kier alpha value is -2.67. The molecule has 0 spiro atoms. The molecule has 21 heavy (non-hydrogen) atoms. The van der Waals surface area contributed by atoms with Gasteiger partial charge in [0.15, 0.2) is 0 Å². The number of para-hydroxylation sites is 1. The SMILES string of the molecule is CC(O)c1ccccc1NC(=O)Cn1[nH]c(=O)ccc1=O. The highest BCUT2D eigenvalue weighted by Crippen LogP contribution is 2.21. The quantitative estimate of drug-likeness (QED) is 0.749. The van der Waals surface area contributed by atoms with Gasteiger partial charge in [-0.3, -0.25) is 19.5 Å². The topological polar surface area (TPSA) is 104 Å². The van der Waals surface area contributed by atoms with Crippen LogP contribution >= 0.6 is 0 Å². The van der Waals surface area contributed by atoms with Crippen molar-refractivity contribution in [3.05, 3.63) is 62.7 Å². The number of aliphatic hydroxyl groups is 1. The Kier molecular flexibility index (Phi) is 4.34. The number of aromatic amines is 1. The molecule has 1 amide bonds. The molecule has 0 saturated carbocycles. The molecule has 1 atom stereocenters. The average Bonchev–Trinajstić information content (AvgIpc) is 2.43. The van der Waals surface area contributed by atoms with E-state index in [4.69, 9.17) is 0 Å². The second-order valence-electron chi connectivity index (χ2n) is 4.55. The maximum absolute atomic E-state index is 11.9. The molecule has 3 N–H and O–H groups in total. The van der Waals surface area contributed by atoms with Gasteiger partial charge in [0, 0.05) is 23.4 Å². The molecule has 0 bridgehead atoms. The first-order valence-electron chi connectivity index (χ1n) is 6.34. The largest absolute Gasteiger partial charge is 0.389 e. The minimum absolute atomic E-state index is 0.316. The van der Waals surface area contributed by atoms with E-state index < -0.39 is 23.1 Å². The molecule has 2 aromatic rings. The summed E-state index contributed by atoms with van der Waals surface area (Å²) in [5, 5.41) is 14.5. The molecule has 110 valence electrons. The number of anilines is 1. The Morgan fingerprint density at radius 2 is 2.00 bits per heavy atom. The van der Waals surface area contributed by atoms with Crippen LogP contribution in [0, 0.1) is 0 Å². The standard InChI is InChI=1S/C14H15N3O4/c1-9(18)10-4-2-3-5-11(10)15-13(20)8-17-14(21)7-6-12(19)16-17/h2-7,9,18H,8H2,1H3,(H,15,20)(H,16,19). The van der Waals surface area contributed by atoms with E-state index in [9.17, 15) is 19.5 Å². The van der Waals surface area contributed by atoms with Gasteiger partial charge in [0.25, 0.3) is 11.1 Å². The fourth-order valence-electron chi connectivity index (χ4n) is 1.89. The van der Waals surface area contributed by atoms with Crippen molar-refractivity contribution in [2.75, 3.05) is 5.32 Å². The summed E-state index contributed by atoms with van der Waals surface area (Å²) >= 11 is 0. The molecule has 0 radical (unpaired) electrons. The molecule has 0 aliphatic carbocycles. The highest BCUT2D eigenvalue weighted by Gasteiger charge is 2.11. The van der Waals surface area contributed by atoms with E-state index in [1.807, 2.05) is 0 Å². The Morgan fingerprint density at radius 1 is 1.29 bits per heavy atom. The van der Waals surface area contributed by atoms with Gasteiger partial charge in [-0.1, -0.05) is 18.2 Å². The molecule has 1 aromatic carbocycles. The first-order chi connectivity index (χ1) is 9.97. The van der Waals surface area contributed by atoms with Crippen molar-refractivity contribution in [3.8, 4) is 0 Å². The number of rotatable bonds is 4. The van der Waals surface area contributed by atoms with E-state index in [1.54, 1.807) is 31.2 Å². The maximum atomic E-state index is 11.9. The number of hydrogen-bond acceptors (Lipinski definition) is 4. The van der Waals surface area contributed by atoms with E-state index in [0.29, 0.717) is 11.3 Å². The van der Waals surface area contributed by atoms with E-state index in [2.05, 4.69) is 10.4 Å². The highest BCUT2D eigenvalue weighted by molar-refractivity contribution is 5.91. The second-order valence-corrected chi connectivity index (χ2v) is 4.55. The Labute approximate surface area is 119 Å². The van der Waals surface area contributed by atoms with E-state index in [-0.39, 0.29) is 6.54 Å². The van der Waals surface area contributed by atoms with Crippen molar-refractivity contribution >= 4 is 11.6 Å². The van der Waals surface area contributed by atoms with Crippen molar-refractivity contribution in [2.24, 2.45) is 0 Å². The molecule has 1 aromatic heterocycles. The normalized spacial score (nSPS) is 11.9. The zero-order chi connectivity index (χ0) is 15.4. The van der Waals surface area contributed by atoms with Gasteiger partial charge in [-0.15, -0.1) is 0 Å². The molecule has 0 aliphatic rings. The molecule has 0 fully saturated rings. The van der Waals surface area contributed by atoms with Crippen LogP contribution in [0.1, 0.15) is 18.6 Å². The van der Waals surface area contributed by atoms with Crippen molar-refractivity contribution in [2.45, 2.75) is 19.6 Å². The summed E-state index contributed by atoms with van der Waals surface area (Å²) in [5.41, 5.74) is 0.0870. The minimum atomic E-state index is -0.735. The third-order valence-corrected chi connectivity index (χ3v) is 2.88. The van der Waals surface area contributed by atoms with Gasteiger partial charge in [-0.05, 0) is 13.0 Å². The number of carbonyl (C=O) groups is 1. The second kappa shape index (κ2) is 6.19. The number of nitrogens with zero attached hydrogens (tertiary/aromatic N) is 1. The number of nitrogens with one attached hydrogen (secondary N) is 2. The summed E-state index contributed by atoms with van der Waals surface area (Å²) < 4.78 is 0.919. The van der Waals surface area contributed by atoms with Crippen LogP contribution in [-0.2, 0) is 11.3 Å². The lowest BCUT2D eigenvalue weighted by Crippen LogP contribution is -2.33. The number of hydrogen-bond donors (Lipinski definition) is 3. The molecule has 0 saturated heterocycles. The zero-order valence-corrected chi connectivity index (χ0v) is 11.4. The number of aliphatic hydroxyl groups excluding tert-OH is 1. The van der Waals surface area contributed by atoms with Crippen LogP contribution in [0.2, 0.25) is 0 Å². The highest BCUT2D eigenvalue weighted by atomic mass is 16.3. The van der Waals surface area contributed by atoms with Crippen LogP contribution in [0.4, 0.5) is 5.69 Å². The molecule has 7 heteroatoms. The van der Waals surface area contributed by atoms with Crippen molar-refractivity contribution in [3.63, 3.8) is 0 Å². The lowest BCUT2D eigenvalue weighted by atomic mass is 10.1. The van der Waals surface area contributed by atoms with Gasteiger partial charge >= 0.3 is 0 Å². The maximum Gasteiger partial charge on any atom is 0.265 e. The van der Waals surface area contributed by atoms with Crippen molar-refractivity contribution < 1.29 is 9.90 Å². The third kappa shape index (κ3) is 3.67. The molecular weight excluding hydrogens is 274 g/mol. The Bertz CT molecular complexity index is 761. The fraction of sp³-hybridized carbons (Fsp3) is 0.214. The summed E-state index contributed by atoms with van der Waals surface area (Å²) in [6.07, 6.45) is -0.735. The van der Waals surface area contributed by atoms with Crippen LogP contribution in [-0.4, -0.2) is 20.8 Å². The minimum Gasteiger partial charge on any atom is -0.389 e. The van der Waals surface area contributed by atoms with E-state index in [0.717, 1.165) is 16.8 Å². The third-order valence-electron chi connectivity index (χ3n) is 2.88. The summed E-state index contributed by atoms with van der Waals surface area (Å²) in [7, 11) is 0. The predicted molar refractivity (Wildman–Crippen MR) is 77.0 cm³/mol. The van der Waals surface area contributed by atoms with Gasteiger partial charge in [0.2, 0.25) is 5.91 Å². The molecule has 1 unspecified atom stereocenters. The van der Waals surface area contributed by atoms with Gasteiger partial charge in [0.1, 0.15) is 6.54 Å².